The highest BCUT2D eigenvalue weighted by Crippen LogP contribution is 2.36. The third-order valence-corrected chi connectivity index (χ3v) is 6.67. The number of benzene rings is 1. The van der Waals surface area contributed by atoms with Crippen molar-refractivity contribution in [3.05, 3.63) is 35.4 Å². The van der Waals surface area contributed by atoms with Gasteiger partial charge in [-0.25, -0.2) is 0 Å². The van der Waals surface area contributed by atoms with Crippen LogP contribution in [-0.2, 0) is 24.5 Å². The average molecular weight is 473 g/mol. The van der Waals surface area contributed by atoms with Crippen LogP contribution in [0.2, 0.25) is 0 Å². The molecule has 2 rings (SSSR count). The molecule has 0 heterocycles. The second-order valence-corrected chi connectivity index (χ2v) is 9.62. The molecule has 1 saturated carbocycles. The number of Topliss-reactive ketones (excluding diaryl/α,β-unsaturated/α-hetero) is 1. The Hall–Kier alpha value is -2.17. The Morgan fingerprint density at radius 1 is 0.735 bits per heavy atom. The van der Waals surface area contributed by atoms with E-state index >= 15 is 0 Å². The van der Waals surface area contributed by atoms with E-state index < -0.39 is 17.4 Å². The van der Waals surface area contributed by atoms with E-state index in [1.54, 1.807) is 24.3 Å². The predicted octanol–water partition coefficient (Wildman–Crippen LogP) is 6.95. The van der Waals surface area contributed by atoms with Gasteiger partial charge in [-0.15, -0.1) is 0 Å². The van der Waals surface area contributed by atoms with Gasteiger partial charge in [0.25, 0.3) is 0 Å². The summed E-state index contributed by atoms with van der Waals surface area (Å²) in [6, 6.07) is 7.00. The summed E-state index contributed by atoms with van der Waals surface area (Å²) in [5.41, 5.74) is -0.297. The molecule has 0 unspecified atom stereocenters. The maximum Gasteiger partial charge on any atom is 0.328 e. The molecule has 0 radical (unpaired) electrons. The molecular weight excluding hydrogens is 428 g/mol. The summed E-state index contributed by atoms with van der Waals surface area (Å²) >= 11 is 0. The molecule has 0 N–H and O–H groups in total. The van der Waals surface area contributed by atoms with Crippen LogP contribution in [0.25, 0.3) is 0 Å². The van der Waals surface area contributed by atoms with Gasteiger partial charge in [0.1, 0.15) is 0 Å². The van der Waals surface area contributed by atoms with Crippen LogP contribution in [-0.4, -0.2) is 30.9 Å². The van der Waals surface area contributed by atoms with Crippen LogP contribution in [0, 0.1) is 5.92 Å². The topological polar surface area (TPSA) is 69.7 Å². The molecule has 1 aliphatic rings. The van der Waals surface area contributed by atoms with Crippen molar-refractivity contribution in [2.24, 2.45) is 5.92 Å². The van der Waals surface area contributed by atoms with Crippen molar-refractivity contribution in [1.29, 1.82) is 0 Å². The SMILES string of the molecule is CCCCCCOC(=O)C(CCCC)(C(=O)OCCCCCC)c1ccc(C(=O)C2CC2)cc1. The van der Waals surface area contributed by atoms with Crippen molar-refractivity contribution in [3.8, 4) is 0 Å². The first-order chi connectivity index (χ1) is 16.5. The van der Waals surface area contributed by atoms with Crippen LogP contribution >= 0.6 is 0 Å². The summed E-state index contributed by atoms with van der Waals surface area (Å²) in [5.74, 6) is -0.797. The lowest BCUT2D eigenvalue weighted by molar-refractivity contribution is -0.166. The van der Waals surface area contributed by atoms with E-state index in [-0.39, 0.29) is 11.7 Å². The number of unbranched alkanes of at least 4 members (excludes halogenated alkanes) is 7. The molecule has 1 aliphatic carbocycles. The van der Waals surface area contributed by atoms with E-state index in [1.807, 2.05) is 6.92 Å². The van der Waals surface area contributed by atoms with Crippen molar-refractivity contribution in [2.75, 3.05) is 13.2 Å². The van der Waals surface area contributed by atoms with Crippen molar-refractivity contribution < 1.29 is 23.9 Å². The smallest absolute Gasteiger partial charge is 0.328 e. The second-order valence-electron chi connectivity index (χ2n) is 9.62. The van der Waals surface area contributed by atoms with E-state index in [0.29, 0.717) is 37.2 Å². The minimum atomic E-state index is -1.49. The molecule has 5 heteroatoms. The van der Waals surface area contributed by atoms with E-state index in [0.717, 1.165) is 70.6 Å². The molecule has 1 aromatic carbocycles. The number of ketones is 1. The van der Waals surface area contributed by atoms with E-state index in [4.69, 9.17) is 9.47 Å². The Morgan fingerprint density at radius 3 is 1.68 bits per heavy atom. The van der Waals surface area contributed by atoms with Gasteiger partial charge >= 0.3 is 11.9 Å². The lowest BCUT2D eigenvalue weighted by Gasteiger charge is -2.30. The minimum absolute atomic E-state index is 0.122. The number of rotatable bonds is 18. The van der Waals surface area contributed by atoms with Gasteiger partial charge in [0.05, 0.1) is 13.2 Å². The Bertz CT molecular complexity index is 737. The quantitative estimate of drug-likeness (QED) is 0.1000. The van der Waals surface area contributed by atoms with Crippen LogP contribution < -0.4 is 0 Å². The van der Waals surface area contributed by atoms with Crippen molar-refractivity contribution in [3.63, 3.8) is 0 Å². The third kappa shape index (κ3) is 7.95. The maximum atomic E-state index is 13.5. The number of carbonyl (C=O) groups excluding carboxylic acids is 3. The van der Waals surface area contributed by atoms with Crippen molar-refractivity contribution in [1.82, 2.24) is 0 Å². The number of esters is 2. The zero-order valence-electron chi connectivity index (χ0n) is 21.5. The molecule has 5 nitrogen and oxygen atoms in total. The van der Waals surface area contributed by atoms with Gasteiger partial charge in [-0.1, -0.05) is 96.4 Å². The fourth-order valence-electron chi connectivity index (χ4n) is 4.24. The Balaban J connectivity index is 2.27. The first-order valence-electron chi connectivity index (χ1n) is 13.5. The molecule has 1 fully saturated rings. The summed E-state index contributed by atoms with van der Waals surface area (Å²) in [5, 5.41) is 0. The summed E-state index contributed by atoms with van der Waals surface area (Å²) in [7, 11) is 0. The van der Waals surface area contributed by atoms with E-state index in [1.165, 1.54) is 0 Å². The summed E-state index contributed by atoms with van der Waals surface area (Å²) in [4.78, 5) is 39.5. The van der Waals surface area contributed by atoms with Gasteiger partial charge in [-0.05, 0) is 37.7 Å². The number of ether oxygens (including phenoxy) is 2. The monoisotopic (exact) mass is 472 g/mol. The van der Waals surface area contributed by atoms with Crippen molar-refractivity contribution in [2.45, 2.75) is 110 Å². The van der Waals surface area contributed by atoms with Gasteiger partial charge < -0.3 is 9.47 Å². The van der Waals surface area contributed by atoms with Crippen LogP contribution in [0.5, 0.6) is 0 Å². The number of hydrogen-bond donors (Lipinski definition) is 0. The van der Waals surface area contributed by atoms with Crippen LogP contribution in [0.3, 0.4) is 0 Å². The van der Waals surface area contributed by atoms with E-state index in [2.05, 4.69) is 13.8 Å². The number of hydrogen-bond acceptors (Lipinski definition) is 5. The normalized spacial score (nSPS) is 13.5. The average Bonchev–Trinajstić information content (AvgIpc) is 3.70. The molecule has 0 atom stereocenters. The molecule has 0 spiro atoms. The third-order valence-electron chi connectivity index (χ3n) is 6.67. The Labute approximate surface area is 206 Å². The highest BCUT2D eigenvalue weighted by Gasteiger charge is 2.50. The Kier molecular flexibility index (Phi) is 12.3. The molecule has 190 valence electrons. The molecule has 0 aromatic heterocycles. The second kappa shape index (κ2) is 15.0. The molecule has 0 amide bonds. The highest BCUT2D eigenvalue weighted by atomic mass is 16.6. The van der Waals surface area contributed by atoms with Crippen LogP contribution in [0.4, 0.5) is 0 Å². The fourth-order valence-corrected chi connectivity index (χ4v) is 4.24. The van der Waals surface area contributed by atoms with Gasteiger partial charge in [0.15, 0.2) is 11.2 Å². The standard InChI is InChI=1S/C29H44O5/c1-4-7-10-12-21-33-27(31)29(20-9-6-3,28(32)34-22-13-11-8-5-2)25-18-16-24(17-19-25)26(30)23-14-15-23/h16-19,23H,4-15,20-22H2,1-3H3. The fraction of sp³-hybridized carbons (Fsp3) is 0.690. The summed E-state index contributed by atoms with van der Waals surface area (Å²) in [6.07, 6.45) is 11.7. The van der Waals surface area contributed by atoms with E-state index in [9.17, 15) is 14.4 Å². The van der Waals surface area contributed by atoms with Gasteiger partial charge in [0, 0.05) is 11.5 Å². The zero-order chi connectivity index (χ0) is 24.8. The van der Waals surface area contributed by atoms with Crippen LogP contribution in [0.15, 0.2) is 24.3 Å². The molecule has 0 aliphatic heterocycles. The zero-order valence-corrected chi connectivity index (χ0v) is 21.5. The lowest BCUT2D eigenvalue weighted by atomic mass is 9.75. The molecule has 0 bridgehead atoms. The lowest BCUT2D eigenvalue weighted by Crippen LogP contribution is -2.46. The largest absolute Gasteiger partial charge is 0.465 e. The maximum absolute atomic E-state index is 13.5. The molecule has 34 heavy (non-hydrogen) atoms. The van der Waals surface area contributed by atoms with Gasteiger partial charge in [0.2, 0.25) is 0 Å². The van der Waals surface area contributed by atoms with Crippen molar-refractivity contribution >= 4 is 17.7 Å². The highest BCUT2D eigenvalue weighted by molar-refractivity contribution is 6.06. The molecule has 1 aromatic rings. The molecular formula is C29H44O5. The number of carbonyl (C=O) groups is 3. The van der Waals surface area contributed by atoms with Gasteiger partial charge in [-0.3, -0.25) is 14.4 Å². The predicted molar refractivity (Wildman–Crippen MR) is 135 cm³/mol. The summed E-state index contributed by atoms with van der Waals surface area (Å²) in [6.45, 7) is 6.91. The minimum Gasteiger partial charge on any atom is -0.465 e. The summed E-state index contributed by atoms with van der Waals surface area (Å²) < 4.78 is 11.4. The van der Waals surface area contributed by atoms with Gasteiger partial charge in [-0.2, -0.15) is 0 Å². The first-order valence-corrected chi connectivity index (χ1v) is 13.5. The Morgan fingerprint density at radius 2 is 1.24 bits per heavy atom. The molecule has 0 saturated heterocycles. The van der Waals surface area contributed by atoms with Crippen LogP contribution in [0.1, 0.15) is 120 Å². The first kappa shape index (κ1) is 28.1.